The summed E-state index contributed by atoms with van der Waals surface area (Å²) < 4.78 is 7.07. The van der Waals surface area contributed by atoms with E-state index in [-0.39, 0.29) is 11.7 Å². The monoisotopic (exact) mass is 458 g/mol. The van der Waals surface area contributed by atoms with Gasteiger partial charge in [0.15, 0.2) is 11.0 Å². The van der Waals surface area contributed by atoms with E-state index in [1.54, 1.807) is 25.7 Å². The van der Waals surface area contributed by atoms with Crippen LogP contribution in [0.2, 0.25) is 0 Å². The standard InChI is InChI=1S/C24H22N6O2S/c1-17-3-7-20(8-4-17)30-23(19-11-13-25-14-12-19)28-29-24(30)33-16-22(31)27-26-15-18-5-9-21(32-2)10-6-18/h3-15H,16H2,1-2H3,(H,27,31)/b26-15+. The van der Waals surface area contributed by atoms with Crippen molar-refractivity contribution in [3.05, 3.63) is 84.2 Å². The van der Waals surface area contributed by atoms with E-state index in [2.05, 4.69) is 25.7 Å². The molecule has 4 aromatic rings. The Bertz CT molecular complexity index is 1240. The van der Waals surface area contributed by atoms with Crippen molar-refractivity contribution in [2.45, 2.75) is 12.1 Å². The van der Waals surface area contributed by atoms with Crippen LogP contribution in [0.4, 0.5) is 0 Å². The first-order valence-corrected chi connectivity index (χ1v) is 11.1. The lowest BCUT2D eigenvalue weighted by Gasteiger charge is -2.10. The molecule has 1 amide bonds. The number of nitrogens with one attached hydrogen (secondary N) is 1. The molecule has 0 bridgehead atoms. The largest absolute Gasteiger partial charge is 0.497 e. The van der Waals surface area contributed by atoms with Gasteiger partial charge in [-0.05, 0) is 61.0 Å². The van der Waals surface area contributed by atoms with Crippen molar-refractivity contribution in [1.29, 1.82) is 0 Å². The molecule has 0 aliphatic heterocycles. The average molecular weight is 459 g/mol. The number of hydrazone groups is 1. The van der Waals surface area contributed by atoms with Crippen LogP contribution in [0, 0.1) is 6.92 Å². The van der Waals surface area contributed by atoms with Crippen molar-refractivity contribution < 1.29 is 9.53 Å². The van der Waals surface area contributed by atoms with E-state index in [0.717, 1.165) is 28.1 Å². The third-order valence-electron chi connectivity index (χ3n) is 4.72. The smallest absolute Gasteiger partial charge is 0.250 e. The van der Waals surface area contributed by atoms with Crippen LogP contribution in [0.5, 0.6) is 5.75 Å². The summed E-state index contributed by atoms with van der Waals surface area (Å²) in [6, 6.07) is 19.2. The number of benzene rings is 2. The Hall–Kier alpha value is -3.98. The van der Waals surface area contributed by atoms with Gasteiger partial charge in [-0.1, -0.05) is 29.5 Å². The van der Waals surface area contributed by atoms with Gasteiger partial charge in [-0.3, -0.25) is 14.3 Å². The van der Waals surface area contributed by atoms with Gasteiger partial charge >= 0.3 is 0 Å². The molecular formula is C24H22N6O2S. The fraction of sp³-hybridized carbons (Fsp3) is 0.125. The van der Waals surface area contributed by atoms with Gasteiger partial charge < -0.3 is 4.74 Å². The molecule has 0 unspecified atom stereocenters. The predicted molar refractivity (Wildman–Crippen MR) is 129 cm³/mol. The number of ether oxygens (including phenoxy) is 1. The van der Waals surface area contributed by atoms with E-state index in [0.29, 0.717) is 11.0 Å². The summed E-state index contributed by atoms with van der Waals surface area (Å²) in [6.45, 7) is 2.03. The minimum atomic E-state index is -0.242. The molecule has 33 heavy (non-hydrogen) atoms. The van der Waals surface area contributed by atoms with Crippen molar-refractivity contribution in [2.75, 3.05) is 12.9 Å². The van der Waals surface area contributed by atoms with E-state index in [9.17, 15) is 4.79 Å². The number of thioether (sulfide) groups is 1. The van der Waals surface area contributed by atoms with Gasteiger partial charge in [0, 0.05) is 23.6 Å². The SMILES string of the molecule is COc1ccc(/C=N/NC(=O)CSc2nnc(-c3ccncc3)n2-c2ccc(C)cc2)cc1. The molecule has 2 aromatic carbocycles. The molecule has 2 heterocycles. The summed E-state index contributed by atoms with van der Waals surface area (Å²) in [6.07, 6.45) is 5.01. The highest BCUT2D eigenvalue weighted by atomic mass is 32.2. The normalized spacial score (nSPS) is 11.0. The lowest BCUT2D eigenvalue weighted by molar-refractivity contribution is -0.118. The zero-order valence-corrected chi connectivity index (χ0v) is 19.0. The first-order valence-electron chi connectivity index (χ1n) is 10.2. The average Bonchev–Trinajstić information content (AvgIpc) is 3.28. The molecule has 0 atom stereocenters. The first-order chi connectivity index (χ1) is 16.1. The predicted octanol–water partition coefficient (Wildman–Crippen LogP) is 3.89. The number of rotatable bonds is 8. The van der Waals surface area contributed by atoms with E-state index >= 15 is 0 Å². The van der Waals surface area contributed by atoms with Crippen LogP contribution >= 0.6 is 11.8 Å². The number of carbonyl (C=O) groups excluding carboxylic acids is 1. The Labute approximate surface area is 195 Å². The van der Waals surface area contributed by atoms with Crippen molar-refractivity contribution in [2.24, 2.45) is 5.10 Å². The maximum absolute atomic E-state index is 12.3. The number of pyridine rings is 1. The topological polar surface area (TPSA) is 94.3 Å². The molecule has 166 valence electrons. The molecule has 0 aliphatic rings. The van der Waals surface area contributed by atoms with E-state index in [4.69, 9.17) is 4.74 Å². The number of amides is 1. The maximum atomic E-state index is 12.3. The molecule has 0 aliphatic carbocycles. The Kier molecular flexibility index (Phi) is 7.11. The van der Waals surface area contributed by atoms with Gasteiger partial charge in [0.2, 0.25) is 0 Å². The van der Waals surface area contributed by atoms with Gasteiger partial charge in [0.05, 0.1) is 19.1 Å². The number of aromatic nitrogens is 4. The number of methoxy groups -OCH3 is 1. The van der Waals surface area contributed by atoms with E-state index < -0.39 is 0 Å². The second-order valence-corrected chi connectivity index (χ2v) is 8.01. The molecule has 8 nitrogen and oxygen atoms in total. The minimum Gasteiger partial charge on any atom is -0.497 e. The quantitative estimate of drug-likeness (QED) is 0.245. The zero-order valence-electron chi connectivity index (χ0n) is 18.2. The molecule has 0 spiro atoms. The Morgan fingerprint density at radius 1 is 1.06 bits per heavy atom. The Morgan fingerprint density at radius 3 is 2.48 bits per heavy atom. The molecule has 2 aromatic heterocycles. The number of aryl methyl sites for hydroxylation is 1. The number of carbonyl (C=O) groups is 1. The van der Waals surface area contributed by atoms with Crippen LogP contribution in [0.1, 0.15) is 11.1 Å². The second-order valence-electron chi connectivity index (χ2n) is 7.07. The van der Waals surface area contributed by atoms with Crippen LogP contribution in [0.3, 0.4) is 0 Å². The summed E-state index contributed by atoms with van der Waals surface area (Å²) in [4.78, 5) is 16.4. The lowest BCUT2D eigenvalue weighted by Crippen LogP contribution is -2.20. The van der Waals surface area contributed by atoms with Crippen molar-refractivity contribution in [3.8, 4) is 22.8 Å². The van der Waals surface area contributed by atoms with Crippen LogP contribution in [-0.4, -0.2) is 44.7 Å². The summed E-state index contributed by atoms with van der Waals surface area (Å²) in [5.41, 5.74) is 6.36. The highest BCUT2D eigenvalue weighted by molar-refractivity contribution is 7.99. The minimum absolute atomic E-state index is 0.139. The van der Waals surface area contributed by atoms with Gasteiger partial charge in [-0.2, -0.15) is 5.10 Å². The summed E-state index contributed by atoms with van der Waals surface area (Å²) in [7, 11) is 1.61. The van der Waals surface area contributed by atoms with Gasteiger partial charge in [0.25, 0.3) is 5.91 Å². The molecule has 9 heteroatoms. The summed E-state index contributed by atoms with van der Waals surface area (Å²) in [5, 5.41) is 13.3. The molecule has 1 N–H and O–H groups in total. The molecule has 0 radical (unpaired) electrons. The highest BCUT2D eigenvalue weighted by Gasteiger charge is 2.17. The maximum Gasteiger partial charge on any atom is 0.250 e. The fourth-order valence-electron chi connectivity index (χ4n) is 3.01. The third-order valence-corrected chi connectivity index (χ3v) is 5.64. The molecular weight excluding hydrogens is 436 g/mol. The fourth-order valence-corrected chi connectivity index (χ4v) is 3.75. The van der Waals surface area contributed by atoms with Crippen LogP contribution in [0.25, 0.3) is 17.1 Å². The van der Waals surface area contributed by atoms with Gasteiger partial charge in [0.1, 0.15) is 5.75 Å². The zero-order chi connectivity index (χ0) is 23.0. The first kappa shape index (κ1) is 22.2. The van der Waals surface area contributed by atoms with Gasteiger partial charge in [-0.15, -0.1) is 10.2 Å². The van der Waals surface area contributed by atoms with Crippen molar-refractivity contribution in [1.82, 2.24) is 25.2 Å². The number of hydrogen-bond donors (Lipinski definition) is 1. The molecule has 4 rings (SSSR count). The van der Waals surface area contributed by atoms with Crippen molar-refractivity contribution >= 4 is 23.9 Å². The van der Waals surface area contributed by atoms with Crippen LogP contribution < -0.4 is 10.2 Å². The summed E-state index contributed by atoms with van der Waals surface area (Å²) in [5.74, 6) is 1.34. The Balaban J connectivity index is 1.47. The number of hydrogen-bond acceptors (Lipinski definition) is 7. The molecule has 0 fully saturated rings. The van der Waals surface area contributed by atoms with Crippen LogP contribution in [0.15, 0.2) is 83.3 Å². The number of nitrogens with zero attached hydrogens (tertiary/aromatic N) is 5. The Morgan fingerprint density at radius 2 is 1.79 bits per heavy atom. The molecule has 0 saturated carbocycles. The van der Waals surface area contributed by atoms with Crippen molar-refractivity contribution in [3.63, 3.8) is 0 Å². The van der Waals surface area contributed by atoms with E-state index in [1.807, 2.05) is 72.2 Å². The van der Waals surface area contributed by atoms with Gasteiger partial charge in [-0.25, -0.2) is 5.43 Å². The third kappa shape index (κ3) is 5.64. The highest BCUT2D eigenvalue weighted by Crippen LogP contribution is 2.27. The summed E-state index contributed by atoms with van der Waals surface area (Å²) >= 11 is 1.29. The second kappa shape index (κ2) is 10.6. The van der Waals surface area contributed by atoms with Crippen LogP contribution in [-0.2, 0) is 4.79 Å². The van der Waals surface area contributed by atoms with E-state index in [1.165, 1.54) is 11.8 Å². The molecule has 0 saturated heterocycles. The lowest BCUT2D eigenvalue weighted by atomic mass is 10.2.